The molecule has 1 aromatic carbocycles. The fraction of sp³-hybridized carbons (Fsp3) is 0.391. The highest BCUT2D eigenvalue weighted by molar-refractivity contribution is 5.94. The SMILES string of the molecule is Cc1c(Cc2ccc(F)c(C(=O)N3CCc4c(n[nH][n+]4CC(F)(F)F)C3)c2)n[nH]c(=O)c1C.O=C([O-])C(F)(F)F. The lowest BCUT2D eigenvalue weighted by Gasteiger charge is -2.24. The van der Waals surface area contributed by atoms with Crippen LogP contribution in [0.4, 0.5) is 30.7 Å². The first-order valence-corrected chi connectivity index (χ1v) is 11.4. The van der Waals surface area contributed by atoms with Gasteiger partial charge in [-0.3, -0.25) is 9.59 Å². The minimum Gasteiger partial charge on any atom is -0.542 e. The molecule has 0 spiro atoms. The number of carbonyl (C=O) groups excluding carboxylic acids is 2. The third-order valence-corrected chi connectivity index (χ3v) is 6.04. The number of aromatic nitrogens is 5. The summed E-state index contributed by atoms with van der Waals surface area (Å²) in [6, 6.07) is 4.16. The molecular weight excluding hydrogens is 557 g/mol. The van der Waals surface area contributed by atoms with Gasteiger partial charge >= 0.3 is 12.4 Å². The van der Waals surface area contributed by atoms with E-state index in [1.165, 1.54) is 23.1 Å². The zero-order valence-electron chi connectivity index (χ0n) is 20.8. The number of benzene rings is 1. The second-order valence-electron chi connectivity index (χ2n) is 8.81. The van der Waals surface area contributed by atoms with Crippen LogP contribution in [0, 0.1) is 19.7 Å². The largest absolute Gasteiger partial charge is 0.542 e. The van der Waals surface area contributed by atoms with Crippen LogP contribution in [0.2, 0.25) is 0 Å². The molecule has 0 saturated heterocycles. The molecule has 0 aliphatic carbocycles. The molecule has 216 valence electrons. The van der Waals surface area contributed by atoms with Gasteiger partial charge in [0.25, 0.3) is 11.5 Å². The monoisotopic (exact) mass is 578 g/mol. The van der Waals surface area contributed by atoms with Crippen molar-refractivity contribution in [2.24, 2.45) is 0 Å². The molecule has 17 heteroatoms. The number of nitrogens with one attached hydrogen (secondary N) is 2. The predicted molar refractivity (Wildman–Crippen MR) is 118 cm³/mol. The first-order chi connectivity index (χ1) is 18.5. The van der Waals surface area contributed by atoms with Crippen LogP contribution >= 0.6 is 0 Å². The van der Waals surface area contributed by atoms with E-state index < -0.39 is 36.6 Å². The number of halogens is 7. The molecule has 0 bridgehead atoms. The maximum Gasteiger partial charge on any atom is 0.430 e. The van der Waals surface area contributed by atoms with Crippen molar-refractivity contribution in [3.05, 3.63) is 73.7 Å². The van der Waals surface area contributed by atoms with E-state index >= 15 is 0 Å². The predicted octanol–water partition coefficient (Wildman–Crippen LogP) is 1.19. The highest BCUT2D eigenvalue weighted by atomic mass is 19.4. The number of hydrogen-bond acceptors (Lipinski definition) is 6. The minimum atomic E-state index is -5.19. The molecule has 0 atom stereocenters. The van der Waals surface area contributed by atoms with Crippen LogP contribution in [-0.4, -0.2) is 56.2 Å². The van der Waals surface area contributed by atoms with E-state index in [4.69, 9.17) is 9.90 Å². The van der Waals surface area contributed by atoms with E-state index in [1.54, 1.807) is 13.8 Å². The molecule has 0 radical (unpaired) electrons. The van der Waals surface area contributed by atoms with Crippen molar-refractivity contribution < 1.29 is 50.1 Å². The number of carboxylic acid groups (broad SMARTS) is 1. The van der Waals surface area contributed by atoms with Gasteiger partial charge in [-0.05, 0) is 37.1 Å². The topological polar surface area (TPSA) is 139 Å². The fourth-order valence-electron chi connectivity index (χ4n) is 3.85. The highest BCUT2D eigenvalue weighted by Gasteiger charge is 2.38. The highest BCUT2D eigenvalue weighted by Crippen LogP contribution is 2.22. The summed E-state index contributed by atoms with van der Waals surface area (Å²) in [5.74, 6) is -4.29. The van der Waals surface area contributed by atoms with Gasteiger partial charge in [0, 0.05) is 30.0 Å². The molecule has 3 aromatic rings. The van der Waals surface area contributed by atoms with E-state index in [0.29, 0.717) is 33.8 Å². The zero-order chi connectivity index (χ0) is 30.0. The van der Waals surface area contributed by atoms with E-state index in [9.17, 15) is 40.3 Å². The van der Waals surface area contributed by atoms with Crippen molar-refractivity contribution in [1.82, 2.24) is 25.4 Å². The number of H-pyrrole nitrogens is 2. The molecule has 10 nitrogen and oxygen atoms in total. The maximum absolute atomic E-state index is 14.5. The average molecular weight is 578 g/mol. The van der Waals surface area contributed by atoms with E-state index in [-0.39, 0.29) is 37.1 Å². The first kappa shape index (κ1) is 30.2. The number of rotatable bonds is 4. The summed E-state index contributed by atoms with van der Waals surface area (Å²) in [6.07, 6.45) is -9.15. The van der Waals surface area contributed by atoms with Crippen LogP contribution < -0.4 is 15.3 Å². The Labute approximate surface area is 220 Å². The summed E-state index contributed by atoms with van der Waals surface area (Å²) >= 11 is 0. The number of carboxylic acids is 1. The van der Waals surface area contributed by atoms with E-state index in [2.05, 4.69) is 20.5 Å². The summed E-state index contributed by atoms with van der Waals surface area (Å²) in [6.45, 7) is 2.35. The Balaban J connectivity index is 0.000000559. The van der Waals surface area contributed by atoms with E-state index in [1.807, 2.05) is 0 Å². The van der Waals surface area contributed by atoms with Crippen LogP contribution in [-0.2, 0) is 30.7 Å². The van der Waals surface area contributed by atoms with Crippen molar-refractivity contribution in [1.29, 1.82) is 0 Å². The number of carbonyl (C=O) groups is 2. The van der Waals surface area contributed by atoms with Gasteiger partial charge in [0.2, 0.25) is 12.2 Å². The molecule has 40 heavy (non-hydrogen) atoms. The molecule has 1 amide bonds. The van der Waals surface area contributed by atoms with Gasteiger partial charge in [0.1, 0.15) is 11.8 Å². The van der Waals surface area contributed by atoms with Crippen LogP contribution in [0.15, 0.2) is 23.0 Å². The van der Waals surface area contributed by atoms with Gasteiger partial charge in [0.05, 0.1) is 17.8 Å². The number of aliphatic carboxylic acids is 1. The molecule has 0 unspecified atom stereocenters. The van der Waals surface area contributed by atoms with Crippen LogP contribution in [0.3, 0.4) is 0 Å². The van der Waals surface area contributed by atoms with Crippen molar-refractivity contribution >= 4 is 11.9 Å². The fourth-order valence-corrected chi connectivity index (χ4v) is 3.85. The molecule has 1 aliphatic heterocycles. The van der Waals surface area contributed by atoms with Gasteiger partial charge in [0.15, 0.2) is 5.69 Å². The number of amides is 1. The van der Waals surface area contributed by atoms with Crippen LogP contribution in [0.25, 0.3) is 0 Å². The van der Waals surface area contributed by atoms with Gasteiger partial charge in [-0.1, -0.05) is 11.3 Å². The summed E-state index contributed by atoms with van der Waals surface area (Å²) < 4.78 is 85.2. The summed E-state index contributed by atoms with van der Waals surface area (Å²) in [5, 5.41) is 21.5. The first-order valence-electron chi connectivity index (χ1n) is 11.4. The Kier molecular flexibility index (Phi) is 8.64. The van der Waals surface area contributed by atoms with Crippen molar-refractivity contribution in [3.8, 4) is 0 Å². The number of hydrogen-bond donors (Lipinski definition) is 2. The molecule has 2 N–H and O–H groups in total. The molecular formula is C23H21F7N6O4. The number of nitrogens with zero attached hydrogens (tertiary/aromatic N) is 4. The van der Waals surface area contributed by atoms with Crippen molar-refractivity contribution in [3.63, 3.8) is 0 Å². The minimum absolute atomic E-state index is 0.0288. The molecule has 0 saturated carbocycles. The third kappa shape index (κ3) is 7.20. The Morgan fingerprint density at radius 2 is 1.75 bits per heavy atom. The second-order valence-corrected chi connectivity index (χ2v) is 8.81. The van der Waals surface area contributed by atoms with Crippen molar-refractivity contribution in [2.45, 2.75) is 52.1 Å². The van der Waals surface area contributed by atoms with Gasteiger partial charge in [-0.2, -0.15) is 36.1 Å². The smallest absolute Gasteiger partial charge is 0.430 e. The Morgan fingerprint density at radius 1 is 1.10 bits per heavy atom. The Bertz CT molecular complexity index is 1480. The lowest BCUT2D eigenvalue weighted by atomic mass is 10.0. The van der Waals surface area contributed by atoms with E-state index in [0.717, 1.165) is 4.68 Å². The molecule has 2 aromatic heterocycles. The second kappa shape index (κ2) is 11.4. The summed E-state index contributed by atoms with van der Waals surface area (Å²) in [5.41, 5.74) is 2.74. The Hall–Kier alpha value is -4.31. The lowest BCUT2D eigenvalue weighted by Crippen LogP contribution is -2.48. The van der Waals surface area contributed by atoms with Crippen molar-refractivity contribution in [2.75, 3.05) is 6.54 Å². The molecule has 3 heterocycles. The maximum atomic E-state index is 14.5. The van der Waals surface area contributed by atoms with Gasteiger partial charge in [-0.25, -0.2) is 9.49 Å². The summed E-state index contributed by atoms with van der Waals surface area (Å²) in [7, 11) is 0. The number of aromatic amines is 2. The number of fused-ring (bicyclic) bond motifs is 1. The van der Waals surface area contributed by atoms with Crippen LogP contribution in [0.5, 0.6) is 0 Å². The van der Waals surface area contributed by atoms with Gasteiger partial charge in [-0.15, -0.1) is 0 Å². The standard InChI is InChI=1S/C21H20F4N6O2.C2HF3O2/c1-11-12(2)19(32)28-26-16(11)8-13-3-4-15(22)14(7-13)20(33)30-6-5-18-17(9-30)27-29-31(18)10-21(23,24)25;3-2(4,5)1(6)7/h3-4,7H,5-6,8-10H2,1-2H3,(H,28,32);(H,6,7). The van der Waals surface area contributed by atoms with Crippen LogP contribution in [0.1, 0.15) is 44.1 Å². The van der Waals surface area contributed by atoms with Gasteiger partial charge < -0.3 is 14.8 Å². The molecule has 0 fully saturated rings. The lowest BCUT2D eigenvalue weighted by molar-refractivity contribution is -0.778. The number of alkyl halides is 6. The zero-order valence-corrected chi connectivity index (χ0v) is 20.8. The molecule has 4 rings (SSSR count). The quantitative estimate of drug-likeness (QED) is 0.352. The third-order valence-electron chi connectivity index (χ3n) is 6.04. The Morgan fingerprint density at radius 3 is 2.35 bits per heavy atom. The normalized spacial score (nSPS) is 13.4. The average Bonchev–Trinajstić information content (AvgIpc) is 3.25. The summed E-state index contributed by atoms with van der Waals surface area (Å²) in [4.78, 5) is 34.9. The molecule has 1 aliphatic rings.